The zero-order valence-electron chi connectivity index (χ0n) is 11.7. The summed E-state index contributed by atoms with van der Waals surface area (Å²) in [6.45, 7) is 0.0924. The van der Waals surface area contributed by atoms with Gasteiger partial charge in [-0.1, -0.05) is 25.7 Å². The summed E-state index contributed by atoms with van der Waals surface area (Å²) in [6.07, 6.45) is 5.37. The van der Waals surface area contributed by atoms with E-state index in [0.717, 1.165) is 12.8 Å². The lowest BCUT2D eigenvalue weighted by Crippen LogP contribution is -2.20. The number of carbonyl (C=O) groups excluding carboxylic acids is 1. The van der Waals surface area contributed by atoms with Crippen molar-refractivity contribution in [2.75, 3.05) is 6.61 Å². The summed E-state index contributed by atoms with van der Waals surface area (Å²) < 4.78 is 5.43. The van der Waals surface area contributed by atoms with E-state index in [1.807, 2.05) is 0 Å². The van der Waals surface area contributed by atoms with Crippen molar-refractivity contribution in [3.63, 3.8) is 0 Å². The van der Waals surface area contributed by atoms with Gasteiger partial charge in [-0.15, -0.1) is 0 Å². The number of aliphatic hydroxyl groups excluding tert-OH is 1. The number of hydrogen-bond donors (Lipinski definition) is 1. The molecule has 0 saturated heterocycles. The Hall–Kier alpha value is -1.95. The van der Waals surface area contributed by atoms with Gasteiger partial charge in [0.25, 0.3) is 5.69 Å². The van der Waals surface area contributed by atoms with E-state index < -0.39 is 11.0 Å². The zero-order chi connectivity index (χ0) is 15.2. The highest BCUT2D eigenvalue weighted by molar-refractivity contribution is 5.80. The number of nitro benzene ring substituents is 1. The fraction of sp³-hybridized carbons (Fsp3) is 0.533. The predicted molar refractivity (Wildman–Crippen MR) is 76.6 cm³/mol. The molecule has 21 heavy (non-hydrogen) atoms. The molecule has 0 aliphatic heterocycles. The van der Waals surface area contributed by atoms with Crippen LogP contribution in [0.4, 0.5) is 5.69 Å². The second kappa shape index (κ2) is 7.17. The van der Waals surface area contributed by atoms with Crippen LogP contribution in [0.5, 0.6) is 5.75 Å². The van der Waals surface area contributed by atoms with Crippen molar-refractivity contribution in [1.29, 1.82) is 0 Å². The molecule has 1 aromatic carbocycles. The van der Waals surface area contributed by atoms with Crippen LogP contribution in [0.15, 0.2) is 18.2 Å². The maximum absolute atomic E-state index is 11.0. The van der Waals surface area contributed by atoms with Crippen molar-refractivity contribution < 1.29 is 19.6 Å². The summed E-state index contributed by atoms with van der Waals surface area (Å²) in [5, 5.41) is 20.6. The van der Waals surface area contributed by atoms with Crippen molar-refractivity contribution in [2.24, 2.45) is 5.92 Å². The molecule has 1 unspecified atom stereocenters. The average molecular weight is 293 g/mol. The van der Waals surface area contributed by atoms with Gasteiger partial charge in [0.15, 0.2) is 6.29 Å². The number of aliphatic hydroxyl groups is 1. The van der Waals surface area contributed by atoms with E-state index >= 15 is 0 Å². The molecule has 1 fully saturated rings. The number of rotatable bonds is 7. The molecule has 6 heteroatoms. The molecule has 0 amide bonds. The molecular formula is C15H19NO5. The summed E-state index contributed by atoms with van der Waals surface area (Å²) in [5.74, 6) is 0.812. The number of benzene rings is 1. The third-order valence-corrected chi connectivity index (χ3v) is 3.84. The molecule has 0 aromatic heterocycles. The van der Waals surface area contributed by atoms with E-state index in [9.17, 15) is 20.0 Å². The summed E-state index contributed by atoms with van der Waals surface area (Å²) in [4.78, 5) is 21.0. The van der Waals surface area contributed by atoms with Gasteiger partial charge in [-0.3, -0.25) is 14.9 Å². The van der Waals surface area contributed by atoms with E-state index in [-0.39, 0.29) is 23.6 Å². The molecular weight excluding hydrogens is 274 g/mol. The first kappa shape index (κ1) is 15.4. The smallest absolute Gasteiger partial charge is 0.270 e. The van der Waals surface area contributed by atoms with Crippen molar-refractivity contribution >= 4 is 12.0 Å². The lowest BCUT2D eigenvalue weighted by Gasteiger charge is -2.16. The zero-order valence-corrected chi connectivity index (χ0v) is 11.7. The molecule has 0 bridgehead atoms. The Morgan fingerprint density at radius 2 is 2.14 bits per heavy atom. The van der Waals surface area contributed by atoms with Crippen molar-refractivity contribution in [3.8, 4) is 5.75 Å². The number of carbonyl (C=O) groups is 1. The second-order valence-corrected chi connectivity index (χ2v) is 5.45. The summed E-state index contributed by atoms with van der Waals surface area (Å²) in [6, 6.07) is 3.85. The van der Waals surface area contributed by atoms with Crippen LogP contribution in [-0.4, -0.2) is 29.0 Å². The van der Waals surface area contributed by atoms with Gasteiger partial charge in [0.1, 0.15) is 12.4 Å². The van der Waals surface area contributed by atoms with Crippen LogP contribution in [0.3, 0.4) is 0 Å². The molecule has 1 atom stereocenters. The SMILES string of the molecule is O=Cc1cc([N+](=O)[O-])ccc1OCC(O)CC1CCCC1. The monoisotopic (exact) mass is 293 g/mol. The number of ether oxygens (including phenoxy) is 1. The Kier molecular flexibility index (Phi) is 5.27. The van der Waals surface area contributed by atoms with Crippen molar-refractivity contribution in [2.45, 2.75) is 38.2 Å². The molecule has 1 saturated carbocycles. The van der Waals surface area contributed by atoms with E-state index in [1.165, 1.54) is 31.0 Å². The standard InChI is InChI=1S/C15H19NO5/c17-9-12-8-13(16(19)20)5-6-15(12)21-10-14(18)7-11-3-1-2-4-11/h5-6,8-9,11,14,18H,1-4,7,10H2. The van der Waals surface area contributed by atoms with E-state index in [2.05, 4.69) is 0 Å². The van der Waals surface area contributed by atoms with E-state index in [1.54, 1.807) is 0 Å². The van der Waals surface area contributed by atoms with Crippen LogP contribution < -0.4 is 4.74 Å². The summed E-state index contributed by atoms with van der Waals surface area (Å²) in [5.41, 5.74) is -0.0341. The molecule has 0 heterocycles. The fourth-order valence-corrected chi connectivity index (χ4v) is 2.76. The Balaban J connectivity index is 1.92. The predicted octanol–water partition coefficient (Wildman–Crippen LogP) is 2.73. The third kappa shape index (κ3) is 4.26. The van der Waals surface area contributed by atoms with Crippen LogP contribution in [0, 0.1) is 16.0 Å². The van der Waals surface area contributed by atoms with Gasteiger partial charge in [-0.05, 0) is 18.4 Å². The van der Waals surface area contributed by atoms with E-state index in [0.29, 0.717) is 18.6 Å². The third-order valence-electron chi connectivity index (χ3n) is 3.84. The normalized spacial score (nSPS) is 16.6. The van der Waals surface area contributed by atoms with Gasteiger partial charge in [0, 0.05) is 12.1 Å². The van der Waals surface area contributed by atoms with Gasteiger partial charge in [-0.2, -0.15) is 0 Å². The van der Waals surface area contributed by atoms with Crippen LogP contribution >= 0.6 is 0 Å². The molecule has 1 N–H and O–H groups in total. The molecule has 1 aliphatic carbocycles. The first-order valence-electron chi connectivity index (χ1n) is 7.14. The van der Waals surface area contributed by atoms with Crippen LogP contribution in [0.25, 0.3) is 0 Å². The molecule has 114 valence electrons. The highest BCUT2D eigenvalue weighted by Gasteiger charge is 2.19. The molecule has 0 radical (unpaired) electrons. The van der Waals surface area contributed by atoms with Gasteiger partial charge in [0.2, 0.25) is 0 Å². The average Bonchev–Trinajstić information content (AvgIpc) is 2.97. The highest BCUT2D eigenvalue weighted by atomic mass is 16.6. The number of aldehydes is 1. The quantitative estimate of drug-likeness (QED) is 0.474. The highest BCUT2D eigenvalue weighted by Crippen LogP contribution is 2.29. The van der Waals surface area contributed by atoms with Crippen molar-refractivity contribution in [3.05, 3.63) is 33.9 Å². The number of non-ortho nitro benzene ring substituents is 1. The molecule has 1 aliphatic rings. The Bertz CT molecular complexity index is 511. The molecule has 6 nitrogen and oxygen atoms in total. The minimum atomic E-state index is -0.581. The van der Waals surface area contributed by atoms with Gasteiger partial charge >= 0.3 is 0 Å². The minimum absolute atomic E-state index is 0.0924. The van der Waals surface area contributed by atoms with Gasteiger partial charge < -0.3 is 9.84 Å². The Morgan fingerprint density at radius 1 is 1.43 bits per heavy atom. The molecule has 0 spiro atoms. The maximum atomic E-state index is 11.0. The lowest BCUT2D eigenvalue weighted by molar-refractivity contribution is -0.384. The Morgan fingerprint density at radius 3 is 2.76 bits per heavy atom. The number of nitrogens with zero attached hydrogens (tertiary/aromatic N) is 1. The Labute approximate surface area is 122 Å². The van der Waals surface area contributed by atoms with Crippen molar-refractivity contribution in [1.82, 2.24) is 0 Å². The van der Waals surface area contributed by atoms with Crippen LogP contribution in [-0.2, 0) is 0 Å². The molecule has 2 rings (SSSR count). The van der Waals surface area contributed by atoms with Gasteiger partial charge in [0.05, 0.1) is 16.6 Å². The minimum Gasteiger partial charge on any atom is -0.490 e. The number of nitro groups is 1. The fourth-order valence-electron chi connectivity index (χ4n) is 2.76. The second-order valence-electron chi connectivity index (χ2n) is 5.45. The molecule has 1 aromatic rings. The van der Waals surface area contributed by atoms with Crippen LogP contribution in [0.1, 0.15) is 42.5 Å². The largest absolute Gasteiger partial charge is 0.490 e. The summed E-state index contributed by atoms with van der Waals surface area (Å²) >= 11 is 0. The number of hydrogen-bond acceptors (Lipinski definition) is 5. The topological polar surface area (TPSA) is 89.7 Å². The first-order chi connectivity index (χ1) is 10.1. The summed E-state index contributed by atoms with van der Waals surface area (Å²) in [7, 11) is 0. The van der Waals surface area contributed by atoms with E-state index in [4.69, 9.17) is 4.74 Å². The maximum Gasteiger partial charge on any atom is 0.270 e. The van der Waals surface area contributed by atoms with Crippen LogP contribution in [0.2, 0.25) is 0 Å². The lowest BCUT2D eigenvalue weighted by atomic mass is 10.0. The van der Waals surface area contributed by atoms with Gasteiger partial charge in [-0.25, -0.2) is 0 Å². The first-order valence-corrected chi connectivity index (χ1v) is 7.14.